The molecule has 4 heteroatoms. The van der Waals surface area contributed by atoms with Gasteiger partial charge in [0, 0.05) is 13.0 Å². The quantitative estimate of drug-likeness (QED) is 0.582. The maximum Gasteiger partial charge on any atom is 0.417 e. The Kier molecular flexibility index (Phi) is 1.26. The van der Waals surface area contributed by atoms with E-state index in [4.69, 9.17) is 4.74 Å². The van der Waals surface area contributed by atoms with Gasteiger partial charge in [-0.15, -0.1) is 0 Å². The molecule has 1 aliphatic heterocycles. The molecule has 0 aromatic heterocycles. The summed E-state index contributed by atoms with van der Waals surface area (Å²) < 4.78 is 5.03. The number of cyclic esters (lactones) is 1. The van der Waals surface area contributed by atoms with E-state index in [1.807, 2.05) is 0 Å². The fourth-order valence-corrected chi connectivity index (χ4v) is 1.60. The van der Waals surface area contributed by atoms with Crippen LogP contribution in [-0.4, -0.2) is 29.5 Å². The third-order valence-electron chi connectivity index (χ3n) is 2.66. The summed E-state index contributed by atoms with van der Waals surface area (Å²) in [5.41, 5.74) is -0.855. The van der Waals surface area contributed by atoms with Crippen molar-refractivity contribution in [2.24, 2.45) is 5.92 Å². The molecule has 1 aliphatic carbocycles. The zero-order chi connectivity index (χ0) is 8.93. The van der Waals surface area contributed by atoms with Crippen LogP contribution in [0.2, 0.25) is 0 Å². The Hall–Kier alpha value is -1.06. The number of ether oxygens (including phenoxy) is 1. The van der Waals surface area contributed by atoms with Crippen LogP contribution in [0.4, 0.5) is 4.79 Å². The van der Waals surface area contributed by atoms with Crippen LogP contribution in [0.5, 0.6) is 0 Å². The first kappa shape index (κ1) is 7.58. The Morgan fingerprint density at radius 1 is 1.50 bits per heavy atom. The Bertz CT molecular complexity index is 259. The van der Waals surface area contributed by atoms with Gasteiger partial charge in [0.2, 0.25) is 0 Å². The summed E-state index contributed by atoms with van der Waals surface area (Å²) in [5.74, 6) is 0.0499. The highest BCUT2D eigenvalue weighted by molar-refractivity contribution is 6.02. The van der Waals surface area contributed by atoms with Crippen molar-refractivity contribution >= 4 is 12.0 Å². The fraction of sp³-hybridized carbons (Fsp3) is 0.750. The largest absolute Gasteiger partial charge is 0.432 e. The number of carbonyl (C=O) groups is 2. The summed E-state index contributed by atoms with van der Waals surface area (Å²) in [5, 5.41) is 0. The molecule has 66 valence electrons. The minimum Gasteiger partial charge on any atom is -0.432 e. The van der Waals surface area contributed by atoms with E-state index in [1.165, 1.54) is 7.05 Å². The summed E-state index contributed by atoms with van der Waals surface area (Å²) in [6.45, 7) is 1.70. The van der Waals surface area contributed by atoms with Gasteiger partial charge in [-0.1, -0.05) is 0 Å². The van der Waals surface area contributed by atoms with Gasteiger partial charge < -0.3 is 4.74 Å². The molecule has 0 N–H and O–H groups in total. The molecule has 1 heterocycles. The van der Waals surface area contributed by atoms with Crippen molar-refractivity contribution in [1.82, 2.24) is 4.90 Å². The van der Waals surface area contributed by atoms with E-state index in [0.29, 0.717) is 0 Å². The molecule has 0 radical (unpaired) electrons. The van der Waals surface area contributed by atoms with Gasteiger partial charge >= 0.3 is 6.09 Å². The van der Waals surface area contributed by atoms with E-state index >= 15 is 0 Å². The molecule has 2 fully saturated rings. The van der Waals surface area contributed by atoms with Gasteiger partial charge in [0.25, 0.3) is 5.91 Å². The normalized spacial score (nSPS) is 35.7. The molecule has 4 nitrogen and oxygen atoms in total. The third-order valence-corrected chi connectivity index (χ3v) is 2.66. The topological polar surface area (TPSA) is 46.6 Å². The molecule has 2 aliphatic rings. The van der Waals surface area contributed by atoms with Gasteiger partial charge in [-0.25, -0.2) is 9.69 Å². The molecule has 2 amide bonds. The molecule has 1 atom stereocenters. The van der Waals surface area contributed by atoms with Crippen molar-refractivity contribution < 1.29 is 14.3 Å². The molecule has 0 spiro atoms. The lowest BCUT2D eigenvalue weighted by molar-refractivity contribution is -0.136. The highest BCUT2D eigenvalue weighted by Gasteiger charge is 2.57. The average molecular weight is 169 g/mol. The second-order valence-electron chi connectivity index (χ2n) is 3.61. The summed E-state index contributed by atoms with van der Waals surface area (Å²) in [6, 6.07) is 0. The number of imide groups is 1. The van der Waals surface area contributed by atoms with E-state index < -0.39 is 11.7 Å². The number of hydrogen-bond acceptors (Lipinski definition) is 3. The Balaban J connectivity index is 2.28. The smallest absolute Gasteiger partial charge is 0.417 e. The first-order valence-electron chi connectivity index (χ1n) is 4.07. The Morgan fingerprint density at radius 3 is 2.42 bits per heavy atom. The molecular weight excluding hydrogens is 158 g/mol. The van der Waals surface area contributed by atoms with Crippen LogP contribution in [-0.2, 0) is 9.53 Å². The monoisotopic (exact) mass is 169 g/mol. The minimum atomic E-state index is -0.855. The summed E-state index contributed by atoms with van der Waals surface area (Å²) >= 11 is 0. The second-order valence-corrected chi connectivity index (χ2v) is 3.61. The van der Waals surface area contributed by atoms with Gasteiger partial charge in [-0.2, -0.15) is 0 Å². The number of likely N-dealkylation sites (N-methyl/N-ethyl adjacent to an activating group) is 1. The van der Waals surface area contributed by atoms with Crippen LogP contribution < -0.4 is 0 Å². The van der Waals surface area contributed by atoms with Gasteiger partial charge in [-0.05, 0) is 19.8 Å². The summed E-state index contributed by atoms with van der Waals surface area (Å²) in [6.07, 6.45) is 1.46. The molecular formula is C8H11NO3. The number of carbonyl (C=O) groups excluding carboxylic acids is 2. The van der Waals surface area contributed by atoms with Crippen LogP contribution in [0.1, 0.15) is 19.8 Å². The maximum absolute atomic E-state index is 11.5. The highest BCUT2D eigenvalue weighted by Crippen LogP contribution is 2.45. The Morgan fingerprint density at radius 2 is 2.08 bits per heavy atom. The first-order valence-corrected chi connectivity index (χ1v) is 4.07. The zero-order valence-electron chi connectivity index (χ0n) is 7.16. The van der Waals surface area contributed by atoms with Gasteiger partial charge in [0.15, 0.2) is 5.60 Å². The maximum atomic E-state index is 11.5. The zero-order valence-corrected chi connectivity index (χ0v) is 7.16. The van der Waals surface area contributed by atoms with Crippen LogP contribution in [0.15, 0.2) is 0 Å². The van der Waals surface area contributed by atoms with Crippen molar-refractivity contribution in [2.75, 3.05) is 7.05 Å². The van der Waals surface area contributed by atoms with E-state index in [1.54, 1.807) is 6.92 Å². The van der Waals surface area contributed by atoms with E-state index in [0.717, 1.165) is 17.7 Å². The van der Waals surface area contributed by atoms with Gasteiger partial charge in [-0.3, -0.25) is 4.79 Å². The summed E-state index contributed by atoms with van der Waals surface area (Å²) in [4.78, 5) is 23.6. The van der Waals surface area contributed by atoms with Crippen molar-refractivity contribution in [2.45, 2.75) is 25.4 Å². The molecule has 1 saturated carbocycles. The van der Waals surface area contributed by atoms with Crippen LogP contribution >= 0.6 is 0 Å². The molecule has 12 heavy (non-hydrogen) atoms. The molecule has 1 saturated heterocycles. The molecule has 2 rings (SSSR count). The summed E-state index contributed by atoms with van der Waals surface area (Å²) in [7, 11) is 1.46. The van der Waals surface area contributed by atoms with Crippen molar-refractivity contribution in [1.29, 1.82) is 0 Å². The van der Waals surface area contributed by atoms with Gasteiger partial charge in [0.1, 0.15) is 0 Å². The predicted molar refractivity (Wildman–Crippen MR) is 40.4 cm³/mol. The SMILES string of the molecule is CN1C(=O)OC(C)(C2CC2)C1=O. The predicted octanol–water partition coefficient (Wildman–Crippen LogP) is 0.764. The van der Waals surface area contributed by atoms with E-state index in [-0.39, 0.29) is 11.8 Å². The second kappa shape index (κ2) is 2.00. The van der Waals surface area contributed by atoms with E-state index in [9.17, 15) is 9.59 Å². The fourth-order valence-electron chi connectivity index (χ4n) is 1.60. The highest BCUT2D eigenvalue weighted by atomic mass is 16.6. The number of nitrogens with zero attached hydrogens (tertiary/aromatic N) is 1. The lowest BCUT2D eigenvalue weighted by atomic mass is 10.00. The lowest BCUT2D eigenvalue weighted by Crippen LogP contribution is -2.38. The molecule has 0 aromatic carbocycles. The Labute approximate surface area is 70.5 Å². The number of amides is 2. The van der Waals surface area contributed by atoms with Crippen molar-refractivity contribution in [3.63, 3.8) is 0 Å². The molecule has 0 bridgehead atoms. The van der Waals surface area contributed by atoms with Crippen LogP contribution in [0.3, 0.4) is 0 Å². The third kappa shape index (κ3) is 0.777. The van der Waals surface area contributed by atoms with E-state index in [2.05, 4.69) is 0 Å². The molecule has 1 unspecified atom stereocenters. The van der Waals surface area contributed by atoms with Crippen molar-refractivity contribution in [3.8, 4) is 0 Å². The van der Waals surface area contributed by atoms with Crippen LogP contribution in [0, 0.1) is 5.92 Å². The van der Waals surface area contributed by atoms with Crippen LogP contribution in [0.25, 0.3) is 0 Å². The lowest BCUT2D eigenvalue weighted by Gasteiger charge is -2.17. The average Bonchev–Trinajstić information content (AvgIpc) is 2.80. The first-order chi connectivity index (χ1) is 5.55. The standard InChI is InChI=1S/C8H11NO3/c1-8(5-3-4-5)6(10)9(2)7(11)12-8/h5H,3-4H2,1-2H3. The van der Waals surface area contributed by atoms with Gasteiger partial charge in [0.05, 0.1) is 0 Å². The minimum absolute atomic E-state index is 0.199. The number of rotatable bonds is 1. The van der Waals surface area contributed by atoms with Crippen molar-refractivity contribution in [3.05, 3.63) is 0 Å². The number of hydrogen-bond donors (Lipinski definition) is 0. The molecule has 0 aromatic rings.